The zero-order valence-electron chi connectivity index (χ0n) is 6.21. The molecule has 0 bridgehead atoms. The molecule has 0 amide bonds. The Labute approximate surface area is 77.4 Å². The molecule has 0 aliphatic rings. The quantitative estimate of drug-likeness (QED) is 0.657. The van der Waals surface area contributed by atoms with E-state index in [0.29, 0.717) is 5.13 Å². The van der Waals surface area contributed by atoms with Crippen molar-refractivity contribution < 1.29 is 0 Å². The lowest BCUT2D eigenvalue weighted by atomic mass is 10.4. The highest BCUT2D eigenvalue weighted by molar-refractivity contribution is 7.21. The maximum absolute atomic E-state index is 5.65. The highest BCUT2D eigenvalue weighted by Gasteiger charge is 2.07. The molecular formula is C6H5ClN4S. The minimum Gasteiger partial charge on any atom is -0.375 e. The molecule has 12 heavy (non-hydrogen) atoms. The molecule has 2 rings (SSSR count). The van der Waals surface area contributed by atoms with Gasteiger partial charge in [0.05, 0.1) is 5.69 Å². The summed E-state index contributed by atoms with van der Waals surface area (Å²) in [5, 5.41) is 0.730. The lowest BCUT2D eigenvalue weighted by molar-refractivity contribution is 1.15. The van der Waals surface area contributed by atoms with Crippen LogP contribution in [0.3, 0.4) is 0 Å². The molecule has 2 N–H and O–H groups in total. The molecule has 0 spiro atoms. The third kappa shape index (κ3) is 1.11. The van der Waals surface area contributed by atoms with Crippen LogP contribution < -0.4 is 5.73 Å². The van der Waals surface area contributed by atoms with Crippen LogP contribution in [-0.4, -0.2) is 15.0 Å². The summed E-state index contributed by atoms with van der Waals surface area (Å²) in [5.74, 6) is 0. The number of anilines is 1. The van der Waals surface area contributed by atoms with E-state index in [1.54, 1.807) is 0 Å². The molecule has 2 aromatic rings. The zero-order chi connectivity index (χ0) is 8.72. The lowest BCUT2D eigenvalue weighted by Crippen LogP contribution is -1.87. The van der Waals surface area contributed by atoms with Crippen molar-refractivity contribution >= 4 is 38.4 Å². The second-order valence-corrected chi connectivity index (χ2v) is 3.63. The summed E-state index contributed by atoms with van der Waals surface area (Å²) < 4.78 is 0. The minimum absolute atomic E-state index is 0.239. The molecule has 0 fully saturated rings. The number of nitrogens with two attached hydrogens (primary N) is 1. The number of nitrogen functional groups attached to an aromatic ring is 1. The molecule has 0 saturated carbocycles. The molecular weight excluding hydrogens is 196 g/mol. The molecule has 0 atom stereocenters. The van der Waals surface area contributed by atoms with E-state index < -0.39 is 0 Å². The number of hydrogen-bond donors (Lipinski definition) is 1. The van der Waals surface area contributed by atoms with Gasteiger partial charge < -0.3 is 5.73 Å². The molecule has 0 radical (unpaired) electrons. The fourth-order valence-corrected chi connectivity index (χ4v) is 1.96. The van der Waals surface area contributed by atoms with E-state index in [-0.39, 0.29) is 5.28 Å². The van der Waals surface area contributed by atoms with Crippen LogP contribution in [0.2, 0.25) is 5.28 Å². The first-order valence-electron chi connectivity index (χ1n) is 3.23. The molecule has 2 heterocycles. The molecule has 4 nitrogen and oxygen atoms in total. The van der Waals surface area contributed by atoms with Crippen molar-refractivity contribution in [2.24, 2.45) is 0 Å². The van der Waals surface area contributed by atoms with E-state index >= 15 is 0 Å². The largest absolute Gasteiger partial charge is 0.375 e. The standard InChI is InChI=1S/C6H5ClN4S/c1-2-3-4(11-5(7)9-2)12-6(8)10-3/h1H3,(H2,8,10). The van der Waals surface area contributed by atoms with Gasteiger partial charge in [0, 0.05) is 0 Å². The summed E-state index contributed by atoms with van der Waals surface area (Å²) >= 11 is 6.96. The van der Waals surface area contributed by atoms with E-state index in [4.69, 9.17) is 17.3 Å². The third-order valence-electron chi connectivity index (χ3n) is 1.42. The number of halogens is 1. The van der Waals surface area contributed by atoms with E-state index in [1.165, 1.54) is 11.3 Å². The van der Waals surface area contributed by atoms with Crippen LogP contribution in [0, 0.1) is 6.92 Å². The maximum Gasteiger partial charge on any atom is 0.224 e. The van der Waals surface area contributed by atoms with Crippen molar-refractivity contribution in [1.82, 2.24) is 15.0 Å². The number of aryl methyl sites for hydroxylation is 1. The summed E-state index contributed by atoms with van der Waals surface area (Å²) in [4.78, 5) is 12.8. The predicted molar refractivity (Wildman–Crippen MR) is 49.4 cm³/mol. The van der Waals surface area contributed by atoms with Crippen LogP contribution in [0.4, 0.5) is 5.13 Å². The topological polar surface area (TPSA) is 64.7 Å². The van der Waals surface area contributed by atoms with Crippen LogP contribution in [-0.2, 0) is 0 Å². The summed E-state index contributed by atoms with van der Waals surface area (Å²) in [5.41, 5.74) is 7.01. The van der Waals surface area contributed by atoms with Gasteiger partial charge in [0.1, 0.15) is 5.52 Å². The van der Waals surface area contributed by atoms with Gasteiger partial charge in [-0.25, -0.2) is 15.0 Å². The Bertz CT molecular complexity index is 438. The van der Waals surface area contributed by atoms with Gasteiger partial charge in [0.15, 0.2) is 9.96 Å². The summed E-state index contributed by atoms with van der Waals surface area (Å²) in [7, 11) is 0. The number of hydrogen-bond acceptors (Lipinski definition) is 5. The fraction of sp³-hybridized carbons (Fsp3) is 0.167. The number of aromatic nitrogens is 3. The Morgan fingerprint density at radius 3 is 2.83 bits per heavy atom. The van der Waals surface area contributed by atoms with Crippen LogP contribution >= 0.6 is 22.9 Å². The molecule has 0 unspecified atom stereocenters. The second-order valence-electron chi connectivity index (χ2n) is 2.28. The van der Waals surface area contributed by atoms with Gasteiger partial charge in [-0.3, -0.25) is 0 Å². The van der Waals surface area contributed by atoms with Crippen molar-refractivity contribution in [2.75, 3.05) is 5.73 Å². The van der Waals surface area contributed by atoms with Gasteiger partial charge in [-0.15, -0.1) is 0 Å². The Morgan fingerprint density at radius 1 is 1.33 bits per heavy atom. The first-order valence-corrected chi connectivity index (χ1v) is 4.42. The molecule has 0 aliphatic heterocycles. The Morgan fingerprint density at radius 2 is 2.08 bits per heavy atom. The summed E-state index contributed by atoms with van der Waals surface area (Å²) in [6.07, 6.45) is 0. The van der Waals surface area contributed by atoms with Crippen LogP contribution in [0.1, 0.15) is 5.69 Å². The molecule has 62 valence electrons. The van der Waals surface area contributed by atoms with E-state index in [2.05, 4.69) is 15.0 Å². The zero-order valence-corrected chi connectivity index (χ0v) is 7.78. The minimum atomic E-state index is 0.239. The molecule has 2 aromatic heterocycles. The summed E-state index contributed by atoms with van der Waals surface area (Å²) in [6, 6.07) is 0. The van der Waals surface area contributed by atoms with Crippen LogP contribution in [0.5, 0.6) is 0 Å². The second kappa shape index (κ2) is 2.53. The number of rotatable bonds is 0. The first kappa shape index (κ1) is 7.70. The Hall–Kier alpha value is -0.940. The molecule has 6 heteroatoms. The van der Waals surface area contributed by atoms with Gasteiger partial charge >= 0.3 is 0 Å². The highest BCUT2D eigenvalue weighted by atomic mass is 35.5. The SMILES string of the molecule is Cc1nc(Cl)nc2sc(N)nc12. The van der Waals surface area contributed by atoms with Gasteiger partial charge in [-0.1, -0.05) is 11.3 Å². The highest BCUT2D eigenvalue weighted by Crippen LogP contribution is 2.24. The Kier molecular flexibility index (Phi) is 1.62. The monoisotopic (exact) mass is 200 g/mol. The number of fused-ring (bicyclic) bond motifs is 1. The lowest BCUT2D eigenvalue weighted by Gasteiger charge is -1.92. The van der Waals surface area contributed by atoms with Crippen molar-refractivity contribution in [2.45, 2.75) is 6.92 Å². The van der Waals surface area contributed by atoms with E-state index in [1.807, 2.05) is 6.92 Å². The van der Waals surface area contributed by atoms with Crippen molar-refractivity contribution in [3.05, 3.63) is 11.0 Å². The summed E-state index contributed by atoms with van der Waals surface area (Å²) in [6.45, 7) is 1.83. The van der Waals surface area contributed by atoms with Gasteiger partial charge in [0.2, 0.25) is 5.28 Å². The predicted octanol–water partition coefficient (Wildman–Crippen LogP) is 1.63. The maximum atomic E-state index is 5.65. The average molecular weight is 201 g/mol. The fourth-order valence-electron chi connectivity index (χ4n) is 0.940. The van der Waals surface area contributed by atoms with Gasteiger partial charge in [-0.2, -0.15) is 0 Å². The van der Waals surface area contributed by atoms with Crippen molar-refractivity contribution in [1.29, 1.82) is 0 Å². The van der Waals surface area contributed by atoms with Gasteiger partial charge in [0.25, 0.3) is 0 Å². The third-order valence-corrected chi connectivity index (χ3v) is 2.37. The van der Waals surface area contributed by atoms with Crippen LogP contribution in [0.15, 0.2) is 0 Å². The average Bonchev–Trinajstić information content (AvgIpc) is 2.29. The smallest absolute Gasteiger partial charge is 0.224 e. The van der Waals surface area contributed by atoms with E-state index in [0.717, 1.165) is 16.0 Å². The van der Waals surface area contributed by atoms with E-state index in [9.17, 15) is 0 Å². The first-order chi connectivity index (χ1) is 5.66. The van der Waals surface area contributed by atoms with Crippen molar-refractivity contribution in [3.63, 3.8) is 0 Å². The normalized spacial score (nSPS) is 10.8. The number of nitrogens with zero attached hydrogens (tertiary/aromatic N) is 3. The van der Waals surface area contributed by atoms with Crippen LogP contribution in [0.25, 0.3) is 10.3 Å². The Balaban J connectivity index is 2.88. The molecule has 0 saturated heterocycles. The van der Waals surface area contributed by atoms with Crippen molar-refractivity contribution in [3.8, 4) is 0 Å². The van der Waals surface area contributed by atoms with Gasteiger partial charge in [-0.05, 0) is 18.5 Å². The molecule has 0 aromatic carbocycles. The molecule has 0 aliphatic carbocycles. The number of thiazole rings is 1.